The van der Waals surface area contributed by atoms with Crippen LogP contribution in [0.1, 0.15) is 36.4 Å². The normalized spacial score (nSPS) is 17.7. The second-order valence-electron chi connectivity index (χ2n) is 7.90. The molecule has 1 aromatic heterocycles. The molecule has 32 heavy (non-hydrogen) atoms. The molecule has 2 unspecified atom stereocenters. The summed E-state index contributed by atoms with van der Waals surface area (Å²) >= 11 is 0. The average molecular weight is 437 g/mol. The summed E-state index contributed by atoms with van der Waals surface area (Å²) < 4.78 is 16.8. The van der Waals surface area contributed by atoms with E-state index in [0.717, 1.165) is 34.9 Å². The molecule has 0 aliphatic carbocycles. The molecule has 7 nitrogen and oxygen atoms in total. The first kappa shape index (κ1) is 21.9. The minimum Gasteiger partial charge on any atom is -0.496 e. The maximum Gasteiger partial charge on any atom is 0.320 e. The zero-order chi connectivity index (χ0) is 22.7. The van der Waals surface area contributed by atoms with Crippen LogP contribution in [0.5, 0.6) is 17.2 Å². The summed E-state index contributed by atoms with van der Waals surface area (Å²) in [5.74, 6) is 0.904. The summed E-state index contributed by atoms with van der Waals surface area (Å²) in [4.78, 5) is 18.9. The molecule has 168 valence electrons. The maximum absolute atomic E-state index is 12.2. The number of fused-ring (bicyclic) bond motifs is 1. The molecule has 7 heteroatoms. The quantitative estimate of drug-likeness (QED) is 0.592. The smallest absolute Gasteiger partial charge is 0.320 e. The molecule has 0 spiro atoms. The molecule has 1 aliphatic rings. The first-order valence-corrected chi connectivity index (χ1v) is 10.7. The van der Waals surface area contributed by atoms with Crippen LogP contribution in [0.3, 0.4) is 0 Å². The standard InChI is InChI=1S/C25H28N2O5/c1-30-21-14-23(32-3)22(31-2)13-18(21)24(27-11-7-6-10-20(27)25(28)29)17-12-16-8-4-5-9-19(16)26-15-17/h4-5,8-9,12-15,20,24H,6-7,10-11H2,1-3H3,(H,28,29). The zero-order valence-corrected chi connectivity index (χ0v) is 18.6. The lowest BCUT2D eigenvalue weighted by molar-refractivity contribution is -0.145. The van der Waals surface area contributed by atoms with E-state index in [1.807, 2.05) is 41.4 Å². The Morgan fingerprint density at radius 2 is 1.75 bits per heavy atom. The summed E-state index contributed by atoms with van der Waals surface area (Å²) in [5.41, 5.74) is 2.61. The highest BCUT2D eigenvalue weighted by atomic mass is 16.5. The van der Waals surface area contributed by atoms with Gasteiger partial charge in [-0.15, -0.1) is 0 Å². The van der Waals surface area contributed by atoms with Gasteiger partial charge in [-0.05, 0) is 43.1 Å². The number of aliphatic carboxylic acids is 1. The largest absolute Gasteiger partial charge is 0.496 e. The summed E-state index contributed by atoms with van der Waals surface area (Å²) in [6.07, 6.45) is 4.25. The SMILES string of the molecule is COc1cc(OC)c(C(c2cnc3ccccc3c2)N2CCCCC2C(=O)O)cc1OC. The minimum absolute atomic E-state index is 0.372. The molecule has 1 N–H and O–H groups in total. The Bertz CT molecular complexity index is 1120. The van der Waals surface area contributed by atoms with E-state index in [2.05, 4.69) is 11.1 Å². The minimum atomic E-state index is -0.817. The van der Waals surface area contributed by atoms with Crippen molar-refractivity contribution in [3.8, 4) is 17.2 Å². The molecule has 1 fully saturated rings. The van der Waals surface area contributed by atoms with Crippen molar-refractivity contribution in [1.82, 2.24) is 9.88 Å². The van der Waals surface area contributed by atoms with Crippen molar-refractivity contribution in [1.29, 1.82) is 0 Å². The number of piperidine rings is 1. The van der Waals surface area contributed by atoms with Gasteiger partial charge in [0.1, 0.15) is 11.8 Å². The predicted octanol–water partition coefficient (Wildman–Crippen LogP) is 4.29. The van der Waals surface area contributed by atoms with Crippen LogP contribution >= 0.6 is 0 Å². The molecular weight excluding hydrogens is 408 g/mol. The topological polar surface area (TPSA) is 81.1 Å². The van der Waals surface area contributed by atoms with Crippen molar-refractivity contribution >= 4 is 16.9 Å². The molecule has 3 aromatic rings. The lowest BCUT2D eigenvalue weighted by Gasteiger charge is -2.40. The highest BCUT2D eigenvalue weighted by molar-refractivity contribution is 5.79. The van der Waals surface area contributed by atoms with E-state index >= 15 is 0 Å². The van der Waals surface area contributed by atoms with Gasteiger partial charge >= 0.3 is 5.97 Å². The van der Waals surface area contributed by atoms with Gasteiger partial charge in [-0.1, -0.05) is 24.6 Å². The van der Waals surface area contributed by atoms with Gasteiger partial charge in [-0.3, -0.25) is 14.7 Å². The third-order valence-corrected chi connectivity index (χ3v) is 6.12. The van der Waals surface area contributed by atoms with Crippen LogP contribution in [-0.2, 0) is 4.79 Å². The monoisotopic (exact) mass is 436 g/mol. The number of carboxylic acids is 1. The number of rotatable bonds is 7. The number of ether oxygens (including phenoxy) is 3. The lowest BCUT2D eigenvalue weighted by Crippen LogP contribution is -2.47. The Kier molecular flexibility index (Phi) is 6.46. The van der Waals surface area contributed by atoms with Crippen molar-refractivity contribution in [2.45, 2.75) is 31.3 Å². The highest BCUT2D eigenvalue weighted by Gasteiger charge is 2.37. The van der Waals surface area contributed by atoms with Crippen LogP contribution < -0.4 is 14.2 Å². The van der Waals surface area contributed by atoms with Gasteiger partial charge in [0.05, 0.1) is 32.9 Å². The number of hydrogen-bond acceptors (Lipinski definition) is 6. The summed E-state index contributed by atoms with van der Waals surface area (Å²) in [5, 5.41) is 11.0. The van der Waals surface area contributed by atoms with Gasteiger partial charge in [0.25, 0.3) is 0 Å². The van der Waals surface area contributed by atoms with Crippen molar-refractivity contribution in [3.63, 3.8) is 0 Å². The van der Waals surface area contributed by atoms with E-state index < -0.39 is 12.0 Å². The number of carbonyl (C=O) groups is 1. The van der Waals surface area contributed by atoms with E-state index in [9.17, 15) is 9.90 Å². The van der Waals surface area contributed by atoms with E-state index in [0.29, 0.717) is 30.2 Å². The second kappa shape index (κ2) is 9.44. The Balaban J connectivity index is 1.94. The Morgan fingerprint density at radius 1 is 1.03 bits per heavy atom. The molecule has 2 aromatic carbocycles. The van der Waals surface area contributed by atoms with Gasteiger partial charge in [-0.2, -0.15) is 0 Å². The van der Waals surface area contributed by atoms with Gasteiger partial charge in [0.2, 0.25) is 0 Å². The number of methoxy groups -OCH3 is 3. The molecule has 2 atom stereocenters. The number of hydrogen-bond donors (Lipinski definition) is 1. The van der Waals surface area contributed by atoms with E-state index in [1.165, 1.54) is 0 Å². The van der Waals surface area contributed by atoms with Crippen molar-refractivity contribution in [2.24, 2.45) is 0 Å². The molecule has 0 radical (unpaired) electrons. The van der Waals surface area contributed by atoms with Gasteiger partial charge < -0.3 is 19.3 Å². The van der Waals surface area contributed by atoms with Crippen LogP contribution in [0.4, 0.5) is 0 Å². The third-order valence-electron chi connectivity index (χ3n) is 6.12. The molecule has 0 bridgehead atoms. The summed E-state index contributed by atoms with van der Waals surface area (Å²) in [7, 11) is 4.76. The fraction of sp³-hybridized carbons (Fsp3) is 0.360. The number of para-hydroxylation sites is 1. The van der Waals surface area contributed by atoms with E-state index in [4.69, 9.17) is 14.2 Å². The lowest BCUT2D eigenvalue weighted by atomic mass is 9.91. The number of aromatic nitrogens is 1. The molecular formula is C25H28N2O5. The zero-order valence-electron chi connectivity index (χ0n) is 18.6. The van der Waals surface area contributed by atoms with E-state index in [-0.39, 0.29) is 6.04 Å². The van der Waals surface area contributed by atoms with Gasteiger partial charge in [0, 0.05) is 23.2 Å². The molecule has 1 aliphatic heterocycles. The number of nitrogens with zero attached hydrogens (tertiary/aromatic N) is 2. The van der Waals surface area contributed by atoms with Crippen LogP contribution in [-0.4, -0.2) is 54.9 Å². The fourth-order valence-corrected chi connectivity index (χ4v) is 4.58. The Labute approximate surface area is 187 Å². The molecule has 4 rings (SSSR count). The molecule has 1 saturated heterocycles. The fourth-order valence-electron chi connectivity index (χ4n) is 4.58. The maximum atomic E-state index is 12.2. The third kappa shape index (κ3) is 4.08. The number of pyridine rings is 1. The number of carboxylic acid groups (broad SMARTS) is 1. The van der Waals surface area contributed by atoms with Crippen LogP contribution in [0.15, 0.2) is 48.7 Å². The second-order valence-corrected chi connectivity index (χ2v) is 7.90. The summed E-state index contributed by atoms with van der Waals surface area (Å²) in [6, 6.07) is 12.7. The number of likely N-dealkylation sites (tertiary alicyclic amines) is 1. The Hall–Kier alpha value is -3.32. The van der Waals surface area contributed by atoms with Crippen molar-refractivity contribution in [3.05, 3.63) is 59.8 Å². The van der Waals surface area contributed by atoms with E-state index in [1.54, 1.807) is 27.4 Å². The van der Waals surface area contributed by atoms with Crippen LogP contribution in [0, 0.1) is 0 Å². The molecule has 2 heterocycles. The molecule has 0 amide bonds. The van der Waals surface area contributed by atoms with Gasteiger partial charge in [0.15, 0.2) is 11.5 Å². The van der Waals surface area contributed by atoms with Crippen LogP contribution in [0.25, 0.3) is 10.9 Å². The Morgan fingerprint density at radius 3 is 2.47 bits per heavy atom. The van der Waals surface area contributed by atoms with Gasteiger partial charge in [-0.25, -0.2) is 0 Å². The first-order valence-electron chi connectivity index (χ1n) is 10.7. The predicted molar refractivity (Wildman–Crippen MR) is 122 cm³/mol. The molecule has 0 saturated carbocycles. The van der Waals surface area contributed by atoms with Crippen molar-refractivity contribution < 1.29 is 24.1 Å². The highest BCUT2D eigenvalue weighted by Crippen LogP contribution is 2.43. The van der Waals surface area contributed by atoms with Crippen LogP contribution in [0.2, 0.25) is 0 Å². The first-order chi connectivity index (χ1) is 15.6. The summed E-state index contributed by atoms with van der Waals surface area (Å²) in [6.45, 7) is 0.659. The number of benzene rings is 2. The average Bonchev–Trinajstić information content (AvgIpc) is 2.84. The van der Waals surface area contributed by atoms with Crippen molar-refractivity contribution in [2.75, 3.05) is 27.9 Å².